The zero-order valence-electron chi connectivity index (χ0n) is 11.2. The molecular formula is C14H27N2+. The van der Waals surface area contributed by atoms with Gasteiger partial charge in [0.25, 0.3) is 5.82 Å². The Morgan fingerprint density at radius 3 is 2.44 bits per heavy atom. The molecule has 1 aromatic heterocycles. The number of aryl methyl sites for hydroxylation is 2. The number of aromatic nitrogens is 2. The normalized spacial score (nSPS) is 10.9. The van der Waals surface area contributed by atoms with E-state index in [0.717, 1.165) is 0 Å². The molecule has 0 bridgehead atoms. The van der Waals surface area contributed by atoms with Crippen molar-refractivity contribution in [1.82, 2.24) is 4.57 Å². The Morgan fingerprint density at radius 2 is 1.75 bits per heavy atom. The smallest absolute Gasteiger partial charge is 0.237 e. The van der Waals surface area contributed by atoms with Gasteiger partial charge in [0.05, 0.1) is 13.6 Å². The number of hydrogen-bond acceptors (Lipinski definition) is 0. The number of nitrogens with zero attached hydrogens (tertiary/aromatic N) is 2. The van der Waals surface area contributed by atoms with E-state index in [9.17, 15) is 0 Å². The van der Waals surface area contributed by atoms with Crippen LogP contribution in [0.3, 0.4) is 0 Å². The molecule has 0 radical (unpaired) electrons. The van der Waals surface area contributed by atoms with Crippen molar-refractivity contribution in [3.63, 3.8) is 0 Å². The van der Waals surface area contributed by atoms with Crippen molar-refractivity contribution in [1.29, 1.82) is 0 Å². The third-order valence-corrected chi connectivity index (χ3v) is 3.22. The Morgan fingerprint density at radius 1 is 1.06 bits per heavy atom. The molecule has 2 heteroatoms. The quantitative estimate of drug-likeness (QED) is 0.472. The van der Waals surface area contributed by atoms with Crippen LogP contribution in [0, 0.1) is 0 Å². The Balaban J connectivity index is 2.48. The van der Waals surface area contributed by atoms with Gasteiger partial charge in [-0.1, -0.05) is 33.1 Å². The van der Waals surface area contributed by atoms with Crippen LogP contribution in [0.25, 0.3) is 0 Å². The topological polar surface area (TPSA) is 8.81 Å². The van der Waals surface area contributed by atoms with E-state index in [0.29, 0.717) is 0 Å². The van der Waals surface area contributed by atoms with Crippen LogP contribution in [0.15, 0.2) is 12.4 Å². The van der Waals surface area contributed by atoms with E-state index in [1.54, 1.807) is 0 Å². The number of hydrogen-bond donors (Lipinski definition) is 0. The van der Waals surface area contributed by atoms with E-state index in [1.165, 1.54) is 57.3 Å². The van der Waals surface area contributed by atoms with Gasteiger partial charge >= 0.3 is 0 Å². The minimum absolute atomic E-state index is 1.19. The van der Waals surface area contributed by atoms with Gasteiger partial charge in [0.15, 0.2) is 0 Å². The third-order valence-electron chi connectivity index (χ3n) is 3.22. The van der Waals surface area contributed by atoms with Crippen LogP contribution < -0.4 is 4.57 Å². The molecule has 0 aliphatic carbocycles. The van der Waals surface area contributed by atoms with Crippen LogP contribution in [0.5, 0.6) is 0 Å². The summed E-state index contributed by atoms with van der Waals surface area (Å²) in [6, 6.07) is 0. The fraction of sp³-hybridized carbons (Fsp3) is 0.786. The molecule has 0 saturated carbocycles. The zero-order chi connectivity index (χ0) is 11.8. The van der Waals surface area contributed by atoms with Crippen molar-refractivity contribution in [2.45, 2.75) is 65.3 Å². The molecule has 0 aliphatic heterocycles. The van der Waals surface area contributed by atoms with Crippen molar-refractivity contribution < 1.29 is 4.57 Å². The van der Waals surface area contributed by atoms with Crippen LogP contribution >= 0.6 is 0 Å². The lowest BCUT2D eigenvalue weighted by Gasteiger charge is -2.02. The fourth-order valence-electron chi connectivity index (χ4n) is 2.14. The standard InChI is InChI=1S/C14H27N2/c1-4-6-8-10-14-15(3)12-13-16(14)11-9-7-5-2/h12-13H,4-11H2,1-3H3/q+1. The first-order chi connectivity index (χ1) is 7.79. The first kappa shape index (κ1) is 13.3. The lowest BCUT2D eigenvalue weighted by Crippen LogP contribution is -2.37. The summed E-state index contributed by atoms with van der Waals surface area (Å²) >= 11 is 0. The minimum Gasteiger partial charge on any atom is -0.237 e. The lowest BCUT2D eigenvalue weighted by molar-refractivity contribution is -0.704. The van der Waals surface area contributed by atoms with Crippen LogP contribution in [-0.2, 0) is 20.0 Å². The van der Waals surface area contributed by atoms with E-state index < -0.39 is 0 Å². The largest absolute Gasteiger partial charge is 0.256 e. The second kappa shape index (κ2) is 7.48. The van der Waals surface area contributed by atoms with E-state index in [2.05, 4.69) is 42.4 Å². The summed E-state index contributed by atoms with van der Waals surface area (Å²) < 4.78 is 4.72. The van der Waals surface area contributed by atoms with Gasteiger partial charge in [0.2, 0.25) is 0 Å². The van der Waals surface area contributed by atoms with Gasteiger partial charge in [0, 0.05) is 6.42 Å². The summed E-state index contributed by atoms with van der Waals surface area (Å²) in [5.74, 6) is 1.49. The Bertz CT molecular complexity index is 289. The molecule has 0 fully saturated rings. The third kappa shape index (κ3) is 3.99. The van der Waals surface area contributed by atoms with Crippen LogP contribution in [0.4, 0.5) is 0 Å². The Labute approximate surface area is 100 Å². The summed E-state index contributed by atoms with van der Waals surface area (Å²) in [6.07, 6.45) is 13.6. The summed E-state index contributed by atoms with van der Waals surface area (Å²) in [7, 11) is 2.16. The summed E-state index contributed by atoms with van der Waals surface area (Å²) in [5, 5.41) is 0. The highest BCUT2D eigenvalue weighted by Crippen LogP contribution is 2.03. The molecule has 0 saturated heterocycles. The molecule has 1 rings (SSSR count). The number of rotatable bonds is 8. The summed E-state index contributed by atoms with van der Waals surface area (Å²) in [4.78, 5) is 0. The van der Waals surface area contributed by atoms with Gasteiger partial charge in [-0.2, -0.15) is 0 Å². The second-order valence-electron chi connectivity index (χ2n) is 4.68. The highest BCUT2D eigenvalue weighted by molar-refractivity contribution is 4.82. The maximum absolute atomic E-state index is 2.44. The van der Waals surface area contributed by atoms with Crippen LogP contribution in [0.2, 0.25) is 0 Å². The zero-order valence-corrected chi connectivity index (χ0v) is 11.2. The second-order valence-corrected chi connectivity index (χ2v) is 4.68. The van der Waals surface area contributed by atoms with E-state index in [4.69, 9.17) is 0 Å². The number of imidazole rings is 1. The maximum atomic E-state index is 2.44. The average Bonchev–Trinajstić information content (AvgIpc) is 2.62. The molecular weight excluding hydrogens is 196 g/mol. The Kier molecular flexibility index (Phi) is 6.20. The monoisotopic (exact) mass is 223 g/mol. The average molecular weight is 223 g/mol. The van der Waals surface area contributed by atoms with Crippen molar-refractivity contribution in [2.24, 2.45) is 7.05 Å². The predicted molar refractivity (Wildman–Crippen MR) is 68.4 cm³/mol. The highest BCUT2D eigenvalue weighted by Gasteiger charge is 2.12. The summed E-state index contributed by atoms with van der Waals surface area (Å²) in [6.45, 7) is 5.72. The van der Waals surface area contributed by atoms with Crippen molar-refractivity contribution in [2.75, 3.05) is 0 Å². The van der Waals surface area contributed by atoms with Gasteiger partial charge < -0.3 is 0 Å². The van der Waals surface area contributed by atoms with Crippen molar-refractivity contribution >= 4 is 0 Å². The van der Waals surface area contributed by atoms with Gasteiger partial charge in [-0.15, -0.1) is 0 Å². The highest BCUT2D eigenvalue weighted by atomic mass is 15.1. The van der Waals surface area contributed by atoms with E-state index >= 15 is 0 Å². The molecule has 16 heavy (non-hydrogen) atoms. The molecule has 2 nitrogen and oxygen atoms in total. The SMILES string of the molecule is CCCCCc1n(C)cc[n+]1CCCCC. The maximum Gasteiger partial charge on any atom is 0.256 e. The minimum atomic E-state index is 1.19. The van der Waals surface area contributed by atoms with Crippen LogP contribution in [0.1, 0.15) is 58.2 Å². The van der Waals surface area contributed by atoms with Gasteiger partial charge in [0.1, 0.15) is 12.4 Å². The van der Waals surface area contributed by atoms with Crippen molar-refractivity contribution in [3.05, 3.63) is 18.2 Å². The van der Waals surface area contributed by atoms with Gasteiger partial charge in [-0.05, 0) is 19.3 Å². The van der Waals surface area contributed by atoms with E-state index in [-0.39, 0.29) is 0 Å². The predicted octanol–water partition coefficient (Wildman–Crippen LogP) is 3.24. The van der Waals surface area contributed by atoms with Crippen LogP contribution in [-0.4, -0.2) is 4.57 Å². The molecule has 0 amide bonds. The molecule has 1 heterocycles. The molecule has 1 aromatic rings. The first-order valence-electron chi connectivity index (χ1n) is 6.83. The fourth-order valence-corrected chi connectivity index (χ4v) is 2.14. The molecule has 0 N–H and O–H groups in total. The molecule has 0 unspecified atom stereocenters. The summed E-state index contributed by atoms with van der Waals surface area (Å²) in [5.41, 5.74) is 0. The number of unbranched alkanes of at least 4 members (excludes halogenated alkanes) is 4. The molecule has 92 valence electrons. The van der Waals surface area contributed by atoms with Gasteiger partial charge in [-0.25, -0.2) is 9.13 Å². The van der Waals surface area contributed by atoms with E-state index in [1.807, 2.05) is 0 Å². The molecule has 0 aliphatic rings. The molecule has 0 atom stereocenters. The lowest BCUT2D eigenvalue weighted by atomic mass is 10.2. The Hall–Kier alpha value is -0.790. The van der Waals surface area contributed by atoms with Crippen molar-refractivity contribution in [3.8, 4) is 0 Å². The molecule has 0 aromatic carbocycles. The first-order valence-corrected chi connectivity index (χ1v) is 6.83. The van der Waals surface area contributed by atoms with Gasteiger partial charge in [-0.3, -0.25) is 0 Å². The molecule has 0 spiro atoms.